The lowest BCUT2D eigenvalue weighted by Gasteiger charge is -2.07. The molecular formula is C20H21N3O2S. The van der Waals surface area contributed by atoms with Gasteiger partial charge in [-0.3, -0.25) is 9.59 Å². The number of hydrogen-bond acceptors (Lipinski definition) is 4. The van der Waals surface area contributed by atoms with Crippen LogP contribution in [0, 0.1) is 6.92 Å². The Balaban J connectivity index is 1.45. The molecule has 1 aromatic heterocycles. The predicted octanol–water partition coefficient (Wildman–Crippen LogP) is 2.75. The van der Waals surface area contributed by atoms with Gasteiger partial charge in [-0.15, -0.1) is 0 Å². The van der Waals surface area contributed by atoms with Gasteiger partial charge in [-0.2, -0.15) is 16.9 Å². The van der Waals surface area contributed by atoms with E-state index in [1.807, 2.05) is 12.1 Å². The van der Waals surface area contributed by atoms with Crippen molar-refractivity contribution in [3.63, 3.8) is 0 Å². The van der Waals surface area contributed by atoms with E-state index >= 15 is 0 Å². The molecule has 0 unspecified atom stereocenters. The number of nitrogens with one attached hydrogen (secondary N) is 1. The largest absolute Gasteiger partial charge is 0.354 e. The first-order chi connectivity index (χ1) is 12.6. The fraction of sp³-hybridized carbons (Fsp3) is 0.250. The zero-order valence-corrected chi connectivity index (χ0v) is 15.5. The lowest BCUT2D eigenvalue weighted by Crippen LogP contribution is -2.34. The highest BCUT2D eigenvalue weighted by Gasteiger charge is 2.07. The summed E-state index contributed by atoms with van der Waals surface area (Å²) >= 11 is 1.77. The molecule has 6 heteroatoms. The Bertz CT molecular complexity index is 951. The van der Waals surface area contributed by atoms with E-state index in [0.717, 1.165) is 16.9 Å². The average molecular weight is 367 g/mol. The molecule has 1 amide bonds. The molecule has 3 rings (SSSR count). The molecule has 0 atom stereocenters. The number of rotatable bonds is 7. The number of hydrogen-bond donors (Lipinski definition) is 1. The maximum Gasteiger partial charge on any atom is 0.275 e. The molecule has 0 bridgehead atoms. The van der Waals surface area contributed by atoms with Crippen LogP contribution in [0.5, 0.6) is 0 Å². The van der Waals surface area contributed by atoms with Crippen molar-refractivity contribution in [2.24, 2.45) is 0 Å². The molecule has 0 saturated carbocycles. The van der Waals surface area contributed by atoms with Crippen molar-refractivity contribution >= 4 is 28.4 Å². The van der Waals surface area contributed by atoms with Gasteiger partial charge in [-0.05, 0) is 18.6 Å². The number of benzene rings is 2. The van der Waals surface area contributed by atoms with Crippen LogP contribution >= 0.6 is 11.8 Å². The van der Waals surface area contributed by atoms with Crippen molar-refractivity contribution in [1.82, 2.24) is 15.1 Å². The predicted molar refractivity (Wildman–Crippen MR) is 106 cm³/mol. The first-order valence-corrected chi connectivity index (χ1v) is 9.64. The minimum absolute atomic E-state index is 0.0632. The second-order valence-corrected chi connectivity index (χ2v) is 7.19. The van der Waals surface area contributed by atoms with Crippen LogP contribution in [0.3, 0.4) is 0 Å². The van der Waals surface area contributed by atoms with E-state index in [4.69, 9.17) is 0 Å². The van der Waals surface area contributed by atoms with Gasteiger partial charge >= 0.3 is 0 Å². The number of aryl methyl sites for hydroxylation is 1. The van der Waals surface area contributed by atoms with Crippen molar-refractivity contribution in [2.45, 2.75) is 19.2 Å². The SMILES string of the molecule is Cc1ccc(CSCCNC(=O)Cn2ncc3ccccc3c2=O)cc1. The van der Waals surface area contributed by atoms with Crippen molar-refractivity contribution in [2.75, 3.05) is 12.3 Å². The number of amides is 1. The van der Waals surface area contributed by atoms with Crippen molar-refractivity contribution < 1.29 is 4.79 Å². The number of fused-ring (bicyclic) bond motifs is 1. The van der Waals surface area contributed by atoms with Crippen LogP contribution in [-0.2, 0) is 17.1 Å². The Labute approximate surface area is 156 Å². The second-order valence-electron chi connectivity index (χ2n) is 6.08. The average Bonchev–Trinajstić information content (AvgIpc) is 2.65. The van der Waals surface area contributed by atoms with E-state index in [1.165, 1.54) is 15.8 Å². The van der Waals surface area contributed by atoms with Gasteiger partial charge in [-0.1, -0.05) is 48.0 Å². The van der Waals surface area contributed by atoms with E-state index in [2.05, 4.69) is 41.6 Å². The summed E-state index contributed by atoms with van der Waals surface area (Å²) in [5.74, 6) is 1.53. The second kappa shape index (κ2) is 8.67. The van der Waals surface area contributed by atoms with Gasteiger partial charge in [0.1, 0.15) is 6.54 Å². The molecule has 134 valence electrons. The molecule has 0 saturated heterocycles. The van der Waals surface area contributed by atoms with Gasteiger partial charge < -0.3 is 5.32 Å². The van der Waals surface area contributed by atoms with E-state index < -0.39 is 0 Å². The standard InChI is InChI=1S/C20H21N3O2S/c1-15-6-8-16(9-7-15)14-26-11-10-21-19(24)13-23-20(25)18-5-3-2-4-17(18)12-22-23/h2-9,12H,10-11,13-14H2,1H3,(H,21,24). The number of carbonyl (C=O) groups excluding carboxylic acids is 1. The molecule has 0 fully saturated rings. The highest BCUT2D eigenvalue weighted by Crippen LogP contribution is 2.12. The Morgan fingerprint density at radius 2 is 1.92 bits per heavy atom. The van der Waals surface area contributed by atoms with Gasteiger partial charge in [0, 0.05) is 23.4 Å². The van der Waals surface area contributed by atoms with Crippen LogP contribution in [0.4, 0.5) is 0 Å². The van der Waals surface area contributed by atoms with Gasteiger partial charge in [-0.25, -0.2) is 4.68 Å². The first kappa shape index (κ1) is 18.2. The van der Waals surface area contributed by atoms with Crippen LogP contribution in [0.25, 0.3) is 10.8 Å². The number of carbonyl (C=O) groups is 1. The van der Waals surface area contributed by atoms with Crippen LogP contribution in [-0.4, -0.2) is 28.0 Å². The third-order valence-corrected chi connectivity index (χ3v) is 5.04. The van der Waals surface area contributed by atoms with E-state index in [-0.39, 0.29) is 18.0 Å². The maximum absolute atomic E-state index is 12.3. The van der Waals surface area contributed by atoms with Gasteiger partial charge in [0.15, 0.2) is 0 Å². The molecule has 2 aromatic carbocycles. The molecule has 0 aliphatic carbocycles. The van der Waals surface area contributed by atoms with Crippen LogP contribution < -0.4 is 10.9 Å². The smallest absolute Gasteiger partial charge is 0.275 e. The van der Waals surface area contributed by atoms with Crippen LogP contribution in [0.2, 0.25) is 0 Å². The van der Waals surface area contributed by atoms with Crippen molar-refractivity contribution in [3.8, 4) is 0 Å². The summed E-state index contributed by atoms with van der Waals surface area (Å²) in [6.07, 6.45) is 1.61. The summed E-state index contributed by atoms with van der Waals surface area (Å²) in [5, 5.41) is 8.27. The molecule has 5 nitrogen and oxygen atoms in total. The molecule has 26 heavy (non-hydrogen) atoms. The molecular weight excluding hydrogens is 346 g/mol. The zero-order chi connectivity index (χ0) is 18.4. The Kier molecular flexibility index (Phi) is 6.07. The van der Waals surface area contributed by atoms with E-state index in [9.17, 15) is 9.59 Å². The minimum Gasteiger partial charge on any atom is -0.354 e. The van der Waals surface area contributed by atoms with Gasteiger partial charge in [0.05, 0.1) is 11.6 Å². The topological polar surface area (TPSA) is 64.0 Å². The molecule has 0 spiro atoms. The van der Waals surface area contributed by atoms with Crippen LogP contribution in [0.15, 0.2) is 59.5 Å². The highest BCUT2D eigenvalue weighted by atomic mass is 32.2. The molecule has 3 aromatic rings. The van der Waals surface area contributed by atoms with Crippen molar-refractivity contribution in [1.29, 1.82) is 0 Å². The third-order valence-electron chi connectivity index (χ3n) is 4.01. The molecule has 1 N–H and O–H groups in total. The summed E-state index contributed by atoms with van der Waals surface area (Å²) in [4.78, 5) is 24.4. The van der Waals surface area contributed by atoms with E-state index in [0.29, 0.717) is 11.9 Å². The maximum atomic E-state index is 12.3. The summed E-state index contributed by atoms with van der Waals surface area (Å²) in [7, 11) is 0. The molecule has 0 aliphatic rings. The Morgan fingerprint density at radius 1 is 1.15 bits per heavy atom. The van der Waals surface area contributed by atoms with Crippen molar-refractivity contribution in [3.05, 3.63) is 76.2 Å². The Morgan fingerprint density at radius 3 is 2.73 bits per heavy atom. The zero-order valence-electron chi connectivity index (χ0n) is 14.6. The quantitative estimate of drug-likeness (QED) is 0.652. The lowest BCUT2D eigenvalue weighted by molar-refractivity contribution is -0.121. The fourth-order valence-corrected chi connectivity index (χ4v) is 3.39. The molecule has 0 aliphatic heterocycles. The van der Waals surface area contributed by atoms with E-state index in [1.54, 1.807) is 30.1 Å². The minimum atomic E-state index is -0.244. The van der Waals surface area contributed by atoms with Gasteiger partial charge in [0.2, 0.25) is 5.91 Å². The molecule has 0 radical (unpaired) electrons. The normalized spacial score (nSPS) is 10.8. The highest BCUT2D eigenvalue weighted by molar-refractivity contribution is 7.98. The number of thioether (sulfide) groups is 1. The first-order valence-electron chi connectivity index (χ1n) is 8.48. The summed E-state index contributed by atoms with van der Waals surface area (Å²) < 4.78 is 1.21. The summed E-state index contributed by atoms with van der Waals surface area (Å²) in [5.41, 5.74) is 2.29. The third kappa shape index (κ3) is 4.73. The monoisotopic (exact) mass is 367 g/mol. The fourth-order valence-electron chi connectivity index (χ4n) is 2.57. The lowest BCUT2D eigenvalue weighted by atomic mass is 10.2. The molecule has 1 heterocycles. The summed E-state index contributed by atoms with van der Waals surface area (Å²) in [6, 6.07) is 15.7. The Hall–Kier alpha value is -2.60. The summed E-state index contributed by atoms with van der Waals surface area (Å²) in [6.45, 7) is 2.58. The van der Waals surface area contributed by atoms with Gasteiger partial charge in [0.25, 0.3) is 5.56 Å². The van der Waals surface area contributed by atoms with Crippen LogP contribution in [0.1, 0.15) is 11.1 Å². The number of aromatic nitrogens is 2. The number of nitrogens with zero attached hydrogens (tertiary/aromatic N) is 2.